The second kappa shape index (κ2) is 17.5. The Bertz CT molecular complexity index is 3820. The molecule has 0 aliphatic heterocycles. The van der Waals surface area contributed by atoms with E-state index in [2.05, 4.69) is 261 Å². The van der Waals surface area contributed by atoms with Gasteiger partial charge in [0.1, 0.15) is 0 Å². The second-order valence-corrected chi connectivity index (χ2v) is 18.9. The van der Waals surface area contributed by atoms with Gasteiger partial charge in [-0.3, -0.25) is 0 Å². The second-order valence-electron chi connectivity index (χ2n) is 18.9. The molecule has 12 aromatic rings. The van der Waals surface area contributed by atoms with Gasteiger partial charge >= 0.3 is 0 Å². The first kappa shape index (κ1) is 42.2. The van der Waals surface area contributed by atoms with Gasteiger partial charge in [-0.15, -0.1) is 0 Å². The van der Waals surface area contributed by atoms with Gasteiger partial charge in [-0.05, 0) is 142 Å². The maximum atomic E-state index is 2.48. The molecule has 69 heavy (non-hydrogen) atoms. The topological polar surface area (TPSA) is 7.65 Å². The van der Waals surface area contributed by atoms with Crippen LogP contribution in [0.3, 0.4) is 0 Å². The van der Waals surface area contributed by atoms with Crippen LogP contribution in [0.15, 0.2) is 224 Å². The number of aryl methyl sites for hydroxylation is 2. The Hall–Kier alpha value is -8.20. The summed E-state index contributed by atoms with van der Waals surface area (Å²) in [5, 5.41) is 5.27. The summed E-state index contributed by atoms with van der Waals surface area (Å²) in [7, 11) is 0. The summed E-state index contributed by atoms with van der Waals surface area (Å²) in [4.78, 5) is 2.46. The van der Waals surface area contributed by atoms with Gasteiger partial charge in [0.2, 0.25) is 0 Å². The van der Waals surface area contributed by atoms with Gasteiger partial charge in [0.25, 0.3) is 0 Å². The first-order valence-electron chi connectivity index (χ1n) is 24.5. The van der Waals surface area contributed by atoms with Crippen LogP contribution in [0.25, 0.3) is 82.6 Å². The van der Waals surface area contributed by atoms with Gasteiger partial charge in [0.05, 0.1) is 22.2 Å². The number of benzene rings is 10. The maximum Gasteiger partial charge on any atom is 0.0620 e. The highest BCUT2D eigenvalue weighted by molar-refractivity contribution is 6.25. The van der Waals surface area contributed by atoms with Crippen LogP contribution < -0.4 is 4.90 Å². The quantitative estimate of drug-likeness (QED) is 0.148. The Balaban J connectivity index is 0.000000441. The summed E-state index contributed by atoms with van der Waals surface area (Å²) in [6, 6.07) is 82.5. The highest BCUT2D eigenvalue weighted by Gasteiger charge is 2.25. The number of fused-ring (bicyclic) bond motifs is 9. The molecule has 0 amide bonds. The van der Waals surface area contributed by atoms with Crippen molar-refractivity contribution in [3.63, 3.8) is 0 Å². The number of hydrogen-bond donors (Lipinski definition) is 0. The van der Waals surface area contributed by atoms with E-state index in [0.717, 1.165) is 17.8 Å². The third-order valence-electron chi connectivity index (χ3n) is 14.8. The molecule has 0 spiro atoms. The lowest BCUT2D eigenvalue weighted by molar-refractivity contribution is 0.733. The molecule has 1 aliphatic rings. The summed E-state index contributed by atoms with van der Waals surface area (Å²) >= 11 is 0. The zero-order valence-corrected chi connectivity index (χ0v) is 39.7. The van der Waals surface area contributed by atoms with Crippen molar-refractivity contribution in [2.75, 3.05) is 4.90 Å². The number of anilines is 3. The van der Waals surface area contributed by atoms with E-state index >= 15 is 0 Å². The summed E-state index contributed by atoms with van der Waals surface area (Å²) < 4.78 is 2.48. The van der Waals surface area contributed by atoms with Crippen molar-refractivity contribution in [3.05, 3.63) is 252 Å². The average molecular weight is 887 g/mol. The fraction of sp³-hybridized carbons (Fsp3) is 0.104. The van der Waals surface area contributed by atoms with Crippen LogP contribution in [0, 0.1) is 13.8 Å². The SMILES string of the molecule is CCC(C)c1ccccc1.Cc1ccccc1-c1c(C)cccc1N(c1ccc(-c2ccccc2)cc1)c1ccc2c(c1)Cc1cc(-c3cccc4c3c3cccc5c6ccccc6n4c53)ccc1-2. The van der Waals surface area contributed by atoms with Gasteiger partial charge in [-0.1, -0.05) is 196 Å². The van der Waals surface area contributed by atoms with Crippen molar-refractivity contribution in [1.29, 1.82) is 0 Å². The van der Waals surface area contributed by atoms with Crippen LogP contribution in [0.2, 0.25) is 0 Å². The van der Waals surface area contributed by atoms with Gasteiger partial charge in [0.15, 0.2) is 0 Å². The molecule has 0 saturated carbocycles. The lowest BCUT2D eigenvalue weighted by Gasteiger charge is -2.29. The molecule has 0 radical (unpaired) electrons. The molecule has 1 unspecified atom stereocenters. The van der Waals surface area contributed by atoms with Crippen LogP contribution in [-0.2, 0) is 6.42 Å². The maximum absolute atomic E-state index is 2.48. The number of hydrogen-bond acceptors (Lipinski definition) is 1. The minimum absolute atomic E-state index is 0.709. The Morgan fingerprint density at radius 2 is 1.03 bits per heavy atom. The van der Waals surface area contributed by atoms with Crippen molar-refractivity contribution in [3.8, 4) is 44.5 Å². The lowest BCUT2D eigenvalue weighted by Crippen LogP contribution is -2.12. The molecule has 1 aliphatic carbocycles. The van der Waals surface area contributed by atoms with Crippen LogP contribution in [0.5, 0.6) is 0 Å². The highest BCUT2D eigenvalue weighted by atomic mass is 15.1. The number of para-hydroxylation sites is 2. The Kier molecular flexibility index (Phi) is 10.7. The van der Waals surface area contributed by atoms with Crippen molar-refractivity contribution in [2.24, 2.45) is 0 Å². The molecule has 0 saturated heterocycles. The van der Waals surface area contributed by atoms with Crippen molar-refractivity contribution in [1.82, 2.24) is 4.40 Å². The van der Waals surface area contributed by atoms with Crippen LogP contribution in [-0.4, -0.2) is 4.40 Å². The predicted octanol–water partition coefficient (Wildman–Crippen LogP) is 18.7. The molecular formula is C67H54N2. The monoisotopic (exact) mass is 886 g/mol. The molecule has 332 valence electrons. The van der Waals surface area contributed by atoms with E-state index in [1.807, 2.05) is 0 Å². The minimum Gasteiger partial charge on any atom is -0.310 e. The van der Waals surface area contributed by atoms with E-state index in [1.165, 1.54) is 123 Å². The average Bonchev–Trinajstić information content (AvgIpc) is 4.07. The first-order valence-corrected chi connectivity index (χ1v) is 24.5. The largest absolute Gasteiger partial charge is 0.310 e. The van der Waals surface area contributed by atoms with E-state index < -0.39 is 0 Å². The van der Waals surface area contributed by atoms with Crippen molar-refractivity contribution < 1.29 is 0 Å². The number of nitrogens with zero attached hydrogens (tertiary/aromatic N) is 2. The standard InChI is InChI=1S/C57H40N2.C10H14/c1-36-13-6-7-17-45(36)55-37(2)14-10-23-53(55)58(43-28-25-39(26-29-43)38-15-4-3-5-16-38)44-30-32-47-42(35-44)34-41-33-40(27-31-46(41)47)48-19-12-24-54-56(48)51-21-11-20-50-49-18-8-9-22-52(49)59(54)57(50)51;1-3-9(2)10-7-5-4-6-8-10/h3-33,35H,34H2,1-2H3;4-9H,3H2,1-2H3. The summed E-state index contributed by atoms with van der Waals surface area (Å²) in [6.07, 6.45) is 2.12. The van der Waals surface area contributed by atoms with E-state index in [1.54, 1.807) is 0 Å². The molecule has 0 fully saturated rings. The third-order valence-corrected chi connectivity index (χ3v) is 14.8. The van der Waals surface area contributed by atoms with Gasteiger partial charge in [0, 0.05) is 38.5 Å². The molecule has 1 atom stereocenters. The van der Waals surface area contributed by atoms with Gasteiger partial charge < -0.3 is 9.30 Å². The van der Waals surface area contributed by atoms with Crippen LogP contribution in [0.1, 0.15) is 54.0 Å². The van der Waals surface area contributed by atoms with Crippen molar-refractivity contribution in [2.45, 2.75) is 46.5 Å². The van der Waals surface area contributed by atoms with Gasteiger partial charge in [-0.25, -0.2) is 0 Å². The normalized spacial score (nSPS) is 12.3. The molecule has 2 nitrogen and oxygen atoms in total. The van der Waals surface area contributed by atoms with E-state index in [0.29, 0.717) is 5.92 Å². The Labute approximate surface area is 405 Å². The summed E-state index contributed by atoms with van der Waals surface area (Å²) in [5.41, 5.74) is 24.2. The fourth-order valence-corrected chi connectivity index (χ4v) is 11.1. The minimum atomic E-state index is 0.709. The zero-order valence-electron chi connectivity index (χ0n) is 39.7. The number of rotatable bonds is 8. The molecular weight excluding hydrogens is 833 g/mol. The first-order chi connectivity index (χ1) is 33.9. The van der Waals surface area contributed by atoms with Crippen LogP contribution >= 0.6 is 0 Å². The molecule has 2 heteroatoms. The summed E-state index contributed by atoms with van der Waals surface area (Å²) in [5.74, 6) is 0.709. The molecule has 2 aromatic heterocycles. The van der Waals surface area contributed by atoms with E-state index in [-0.39, 0.29) is 0 Å². The van der Waals surface area contributed by atoms with Gasteiger partial charge in [-0.2, -0.15) is 0 Å². The van der Waals surface area contributed by atoms with E-state index in [4.69, 9.17) is 0 Å². The lowest BCUT2D eigenvalue weighted by atomic mass is 9.93. The molecule has 2 heterocycles. The molecule has 10 aromatic carbocycles. The highest BCUT2D eigenvalue weighted by Crippen LogP contribution is 2.48. The summed E-state index contributed by atoms with van der Waals surface area (Å²) in [6.45, 7) is 8.93. The number of aromatic nitrogens is 1. The zero-order chi connectivity index (χ0) is 46.6. The van der Waals surface area contributed by atoms with Crippen LogP contribution in [0.4, 0.5) is 17.1 Å². The van der Waals surface area contributed by atoms with E-state index in [9.17, 15) is 0 Å². The molecule has 13 rings (SSSR count). The third kappa shape index (κ3) is 7.27. The smallest absolute Gasteiger partial charge is 0.0620 e. The predicted molar refractivity (Wildman–Crippen MR) is 295 cm³/mol. The Morgan fingerprint density at radius 3 is 1.83 bits per heavy atom. The van der Waals surface area contributed by atoms with Crippen molar-refractivity contribution >= 4 is 55.2 Å². The Morgan fingerprint density at radius 1 is 0.449 bits per heavy atom. The molecule has 0 N–H and O–H groups in total. The fourth-order valence-electron chi connectivity index (χ4n) is 11.1. The molecule has 0 bridgehead atoms.